The zero-order valence-electron chi connectivity index (χ0n) is 14.9. The molecule has 1 amide bonds. The molecule has 1 aromatic carbocycles. The van der Waals surface area contributed by atoms with Gasteiger partial charge in [-0.05, 0) is 39.3 Å². The van der Waals surface area contributed by atoms with E-state index in [9.17, 15) is 14.4 Å². The summed E-state index contributed by atoms with van der Waals surface area (Å²) in [5.74, 6) is -0.922. The fourth-order valence-corrected chi connectivity index (χ4v) is 2.70. The van der Waals surface area contributed by atoms with E-state index in [1.807, 2.05) is 30.3 Å². The number of nitrogens with one attached hydrogen (secondary N) is 1. The van der Waals surface area contributed by atoms with Crippen LogP contribution in [0.15, 0.2) is 47.9 Å². The van der Waals surface area contributed by atoms with Crippen molar-refractivity contribution >= 4 is 28.8 Å². The Morgan fingerprint density at radius 3 is 2.44 bits per heavy atom. The fourth-order valence-electron chi connectivity index (χ4n) is 1.89. The maximum atomic E-state index is 12.3. The Labute approximate surface area is 153 Å². The first kappa shape index (κ1) is 21.0. The van der Waals surface area contributed by atoms with Crippen molar-refractivity contribution in [3.63, 3.8) is 0 Å². The van der Waals surface area contributed by atoms with Crippen molar-refractivity contribution in [1.82, 2.24) is 5.32 Å². The number of hydrogen-bond donors (Lipinski definition) is 1. The highest BCUT2D eigenvalue weighted by atomic mass is 32.2. The van der Waals surface area contributed by atoms with Gasteiger partial charge in [-0.15, -0.1) is 6.58 Å². The Morgan fingerprint density at radius 2 is 1.88 bits per heavy atom. The summed E-state index contributed by atoms with van der Waals surface area (Å²) in [6, 6.07) is 8.15. The number of ether oxygens (including phenoxy) is 1. The number of amides is 1. The van der Waals surface area contributed by atoms with Gasteiger partial charge in [0, 0.05) is 17.7 Å². The van der Waals surface area contributed by atoms with Crippen molar-refractivity contribution < 1.29 is 19.1 Å². The lowest BCUT2D eigenvalue weighted by Gasteiger charge is -2.24. The Hall–Kier alpha value is -2.08. The van der Waals surface area contributed by atoms with E-state index >= 15 is 0 Å². The van der Waals surface area contributed by atoms with E-state index in [4.69, 9.17) is 4.74 Å². The third kappa shape index (κ3) is 9.10. The van der Waals surface area contributed by atoms with Gasteiger partial charge in [-0.3, -0.25) is 9.59 Å². The molecule has 0 aromatic heterocycles. The second-order valence-corrected chi connectivity index (χ2v) is 7.60. The van der Waals surface area contributed by atoms with Crippen LogP contribution in [0.25, 0.3) is 0 Å². The normalized spacial score (nSPS) is 12.1. The molecule has 6 heteroatoms. The second kappa shape index (κ2) is 10.0. The summed E-state index contributed by atoms with van der Waals surface area (Å²) in [6.07, 6.45) is 2.20. The standard InChI is InChI=1S/C19H25NO4S/c1-5-6-12-16(21)20-15(18(23)24-19(2,3)4)13-17(22)25-14-10-8-7-9-11-14/h5,7-11,15H,1,6,12-13H2,2-4H3,(H,20,21). The van der Waals surface area contributed by atoms with Gasteiger partial charge in [0.15, 0.2) is 5.12 Å². The number of carbonyl (C=O) groups is 3. The molecule has 1 rings (SSSR count). The van der Waals surface area contributed by atoms with Crippen LogP contribution in [0.4, 0.5) is 0 Å². The molecule has 0 aliphatic heterocycles. The Kier molecular flexibility index (Phi) is 8.41. The second-order valence-electron chi connectivity index (χ2n) is 6.47. The lowest BCUT2D eigenvalue weighted by molar-refractivity contribution is -0.159. The van der Waals surface area contributed by atoms with Crippen LogP contribution in [0.2, 0.25) is 0 Å². The van der Waals surface area contributed by atoms with Gasteiger partial charge in [0.25, 0.3) is 0 Å². The van der Waals surface area contributed by atoms with Gasteiger partial charge in [-0.25, -0.2) is 4.79 Å². The van der Waals surface area contributed by atoms with Gasteiger partial charge >= 0.3 is 5.97 Å². The summed E-state index contributed by atoms with van der Waals surface area (Å²) in [6.45, 7) is 8.78. The number of hydrogen-bond acceptors (Lipinski definition) is 5. The van der Waals surface area contributed by atoms with E-state index in [2.05, 4.69) is 11.9 Å². The van der Waals surface area contributed by atoms with E-state index in [0.717, 1.165) is 16.7 Å². The molecule has 0 bridgehead atoms. The Balaban J connectivity index is 2.75. The summed E-state index contributed by atoms with van der Waals surface area (Å²) in [5.41, 5.74) is -0.698. The van der Waals surface area contributed by atoms with E-state index in [0.29, 0.717) is 6.42 Å². The zero-order valence-corrected chi connectivity index (χ0v) is 15.7. The van der Waals surface area contributed by atoms with Crippen LogP contribution in [0.3, 0.4) is 0 Å². The van der Waals surface area contributed by atoms with E-state index < -0.39 is 17.6 Å². The average molecular weight is 363 g/mol. The van der Waals surface area contributed by atoms with Gasteiger partial charge in [0.05, 0.1) is 0 Å². The lowest BCUT2D eigenvalue weighted by Crippen LogP contribution is -2.45. The van der Waals surface area contributed by atoms with Crippen LogP contribution in [-0.4, -0.2) is 28.6 Å². The maximum absolute atomic E-state index is 12.3. The quantitative estimate of drug-likeness (QED) is 0.435. The molecule has 136 valence electrons. The van der Waals surface area contributed by atoms with E-state index in [-0.39, 0.29) is 23.9 Å². The molecule has 0 spiro atoms. The summed E-state index contributed by atoms with van der Waals surface area (Å²) < 4.78 is 5.32. The number of carbonyl (C=O) groups excluding carboxylic acids is 3. The molecule has 5 nitrogen and oxygen atoms in total. The molecule has 1 unspecified atom stereocenters. The van der Waals surface area contributed by atoms with Crippen LogP contribution >= 0.6 is 11.8 Å². The number of benzene rings is 1. The summed E-state index contributed by atoms with van der Waals surface area (Å²) >= 11 is 1.04. The van der Waals surface area contributed by atoms with Gasteiger partial charge in [0.2, 0.25) is 5.91 Å². The third-order valence-corrected chi connectivity index (χ3v) is 3.85. The molecule has 0 saturated carbocycles. The van der Waals surface area contributed by atoms with Crippen LogP contribution in [0.5, 0.6) is 0 Å². The molecule has 1 N–H and O–H groups in total. The van der Waals surface area contributed by atoms with Crippen molar-refractivity contribution in [3.05, 3.63) is 43.0 Å². The molecule has 25 heavy (non-hydrogen) atoms. The minimum absolute atomic E-state index is 0.131. The number of esters is 1. The molecule has 0 fully saturated rings. The van der Waals surface area contributed by atoms with Crippen molar-refractivity contribution in [2.45, 2.75) is 56.6 Å². The monoisotopic (exact) mass is 363 g/mol. The predicted molar refractivity (Wildman–Crippen MR) is 99.1 cm³/mol. The van der Waals surface area contributed by atoms with Crippen molar-refractivity contribution in [1.29, 1.82) is 0 Å². The molecule has 0 aliphatic rings. The highest BCUT2D eigenvalue weighted by Crippen LogP contribution is 2.21. The first-order chi connectivity index (χ1) is 11.7. The number of allylic oxidation sites excluding steroid dienone is 1. The maximum Gasteiger partial charge on any atom is 0.329 e. The first-order valence-electron chi connectivity index (χ1n) is 8.10. The molecule has 1 atom stereocenters. The minimum Gasteiger partial charge on any atom is -0.458 e. The van der Waals surface area contributed by atoms with Gasteiger partial charge < -0.3 is 10.1 Å². The molecule has 0 aliphatic carbocycles. The molecular formula is C19H25NO4S. The molecule has 1 aromatic rings. The summed E-state index contributed by atoms with van der Waals surface area (Å²) in [7, 11) is 0. The highest BCUT2D eigenvalue weighted by Gasteiger charge is 2.28. The van der Waals surface area contributed by atoms with Gasteiger partial charge in [-0.1, -0.05) is 36.0 Å². The molecule has 0 saturated heterocycles. The largest absolute Gasteiger partial charge is 0.458 e. The van der Waals surface area contributed by atoms with E-state index in [1.165, 1.54) is 0 Å². The highest BCUT2D eigenvalue weighted by molar-refractivity contribution is 8.13. The first-order valence-corrected chi connectivity index (χ1v) is 8.92. The van der Waals surface area contributed by atoms with Crippen LogP contribution in [0, 0.1) is 0 Å². The molecule has 0 heterocycles. The number of rotatable bonds is 8. The summed E-state index contributed by atoms with van der Waals surface area (Å²) in [4.78, 5) is 37.3. The zero-order chi connectivity index (χ0) is 18.9. The van der Waals surface area contributed by atoms with Crippen LogP contribution in [-0.2, 0) is 19.1 Å². The van der Waals surface area contributed by atoms with Crippen molar-refractivity contribution in [2.75, 3.05) is 0 Å². The minimum atomic E-state index is -1.000. The third-order valence-electron chi connectivity index (χ3n) is 2.95. The Morgan fingerprint density at radius 1 is 1.24 bits per heavy atom. The van der Waals surface area contributed by atoms with Gasteiger partial charge in [0.1, 0.15) is 11.6 Å². The smallest absolute Gasteiger partial charge is 0.329 e. The Bertz CT molecular complexity index is 608. The van der Waals surface area contributed by atoms with Crippen molar-refractivity contribution in [3.8, 4) is 0 Å². The lowest BCUT2D eigenvalue weighted by atomic mass is 10.1. The average Bonchev–Trinajstić information content (AvgIpc) is 2.51. The number of thioether (sulfide) groups is 1. The van der Waals surface area contributed by atoms with Gasteiger partial charge in [-0.2, -0.15) is 0 Å². The molecular weight excluding hydrogens is 338 g/mol. The van der Waals surface area contributed by atoms with E-state index in [1.54, 1.807) is 26.8 Å². The fraction of sp³-hybridized carbons (Fsp3) is 0.421. The topological polar surface area (TPSA) is 72.5 Å². The van der Waals surface area contributed by atoms with Crippen LogP contribution in [0.1, 0.15) is 40.0 Å². The van der Waals surface area contributed by atoms with Crippen molar-refractivity contribution in [2.24, 2.45) is 0 Å². The molecule has 0 radical (unpaired) electrons. The summed E-state index contributed by atoms with van der Waals surface area (Å²) in [5, 5.41) is 2.38. The predicted octanol–water partition coefficient (Wildman–Crippen LogP) is 3.49. The van der Waals surface area contributed by atoms with Crippen LogP contribution < -0.4 is 5.32 Å². The SMILES string of the molecule is C=CCCC(=O)NC(CC(=O)Sc1ccccc1)C(=O)OC(C)(C)C.